The first-order valence-corrected chi connectivity index (χ1v) is 8.09. The molecule has 0 saturated carbocycles. The molecule has 3 aromatic rings. The predicted molar refractivity (Wildman–Crippen MR) is 103 cm³/mol. The van der Waals surface area contributed by atoms with Crippen LogP contribution >= 0.6 is 0 Å². The summed E-state index contributed by atoms with van der Waals surface area (Å²) in [5.74, 6) is -0.712. The van der Waals surface area contributed by atoms with Gasteiger partial charge in [-0.2, -0.15) is 0 Å². The molecule has 1 aromatic heterocycles. The standard InChI is InChI=1S/C20H19FN4O/c1-25(2)18-9-7-15(8-10-18)23-17-11-12-22-19(13-17)20(26)24-16-5-3-14(21)4-6-16/h3-13H,1-2H3,(H,22,23)(H,24,26). The summed E-state index contributed by atoms with van der Waals surface area (Å²) in [7, 11) is 3.97. The molecule has 5 nitrogen and oxygen atoms in total. The van der Waals surface area contributed by atoms with Crippen molar-refractivity contribution < 1.29 is 9.18 Å². The molecule has 0 radical (unpaired) electrons. The van der Waals surface area contributed by atoms with E-state index in [0.717, 1.165) is 17.1 Å². The van der Waals surface area contributed by atoms with Crippen molar-refractivity contribution in [2.24, 2.45) is 0 Å². The van der Waals surface area contributed by atoms with Crippen LogP contribution in [0.2, 0.25) is 0 Å². The van der Waals surface area contributed by atoms with E-state index >= 15 is 0 Å². The topological polar surface area (TPSA) is 57.3 Å². The molecule has 6 heteroatoms. The Bertz CT molecular complexity index is 892. The molecule has 0 aliphatic carbocycles. The second-order valence-corrected chi connectivity index (χ2v) is 5.96. The number of halogens is 1. The average molecular weight is 350 g/mol. The summed E-state index contributed by atoms with van der Waals surface area (Å²) < 4.78 is 12.9. The number of nitrogens with zero attached hydrogens (tertiary/aromatic N) is 2. The first kappa shape index (κ1) is 17.4. The van der Waals surface area contributed by atoms with Crippen molar-refractivity contribution >= 4 is 28.7 Å². The molecule has 0 saturated heterocycles. The molecule has 2 N–H and O–H groups in total. The van der Waals surface area contributed by atoms with Gasteiger partial charge in [0, 0.05) is 43.0 Å². The van der Waals surface area contributed by atoms with E-state index in [1.165, 1.54) is 24.3 Å². The molecule has 132 valence electrons. The highest BCUT2D eigenvalue weighted by molar-refractivity contribution is 6.03. The molecule has 3 rings (SSSR count). The van der Waals surface area contributed by atoms with E-state index in [4.69, 9.17) is 0 Å². The lowest BCUT2D eigenvalue weighted by molar-refractivity contribution is 0.102. The monoisotopic (exact) mass is 350 g/mol. The van der Waals surface area contributed by atoms with Gasteiger partial charge in [-0.15, -0.1) is 0 Å². The Morgan fingerprint density at radius 3 is 2.23 bits per heavy atom. The molecule has 0 unspecified atom stereocenters. The molecule has 0 aliphatic rings. The third-order valence-corrected chi connectivity index (χ3v) is 3.77. The predicted octanol–water partition coefficient (Wildman–Crippen LogP) is 4.28. The number of benzene rings is 2. The largest absolute Gasteiger partial charge is 0.378 e. The zero-order valence-corrected chi connectivity index (χ0v) is 14.5. The lowest BCUT2D eigenvalue weighted by Gasteiger charge is -2.13. The Morgan fingerprint density at radius 1 is 0.923 bits per heavy atom. The van der Waals surface area contributed by atoms with E-state index in [0.29, 0.717) is 5.69 Å². The molecule has 0 atom stereocenters. The SMILES string of the molecule is CN(C)c1ccc(Nc2ccnc(C(=O)Nc3ccc(F)cc3)c2)cc1. The van der Waals surface area contributed by atoms with Crippen LogP contribution in [0, 0.1) is 5.82 Å². The highest BCUT2D eigenvalue weighted by atomic mass is 19.1. The van der Waals surface area contributed by atoms with Crippen LogP contribution in [0.15, 0.2) is 66.9 Å². The lowest BCUT2D eigenvalue weighted by atomic mass is 10.2. The van der Waals surface area contributed by atoms with Crippen molar-refractivity contribution in [3.05, 3.63) is 78.4 Å². The Balaban J connectivity index is 1.71. The molecule has 0 fully saturated rings. The molecule has 1 heterocycles. The van der Waals surface area contributed by atoms with Gasteiger partial charge in [0.1, 0.15) is 11.5 Å². The fourth-order valence-corrected chi connectivity index (χ4v) is 2.37. The number of nitrogens with one attached hydrogen (secondary N) is 2. The summed E-state index contributed by atoms with van der Waals surface area (Å²) in [5, 5.41) is 5.94. The van der Waals surface area contributed by atoms with E-state index in [1.54, 1.807) is 18.3 Å². The van der Waals surface area contributed by atoms with Crippen molar-refractivity contribution in [3.63, 3.8) is 0 Å². The molecule has 2 aromatic carbocycles. The van der Waals surface area contributed by atoms with Crippen LogP contribution in [0.4, 0.5) is 27.1 Å². The van der Waals surface area contributed by atoms with Crippen LogP contribution in [0.5, 0.6) is 0 Å². The smallest absolute Gasteiger partial charge is 0.274 e. The van der Waals surface area contributed by atoms with Gasteiger partial charge in [0.2, 0.25) is 0 Å². The van der Waals surface area contributed by atoms with Crippen molar-refractivity contribution in [3.8, 4) is 0 Å². The number of aromatic nitrogens is 1. The van der Waals surface area contributed by atoms with Crippen LogP contribution in [-0.4, -0.2) is 25.0 Å². The first-order valence-electron chi connectivity index (χ1n) is 8.09. The summed E-state index contributed by atoms with van der Waals surface area (Å²) in [6, 6.07) is 17.0. The first-order chi connectivity index (χ1) is 12.5. The van der Waals surface area contributed by atoms with Crippen molar-refractivity contribution in [1.82, 2.24) is 4.98 Å². The Labute approximate surface area is 151 Å². The number of carbonyl (C=O) groups excluding carboxylic acids is 1. The van der Waals surface area contributed by atoms with Crippen LogP contribution in [-0.2, 0) is 0 Å². The number of hydrogen-bond acceptors (Lipinski definition) is 4. The molecular formula is C20H19FN4O. The zero-order chi connectivity index (χ0) is 18.5. The van der Waals surface area contributed by atoms with Crippen LogP contribution in [0.25, 0.3) is 0 Å². The van der Waals surface area contributed by atoms with Gasteiger partial charge in [-0.3, -0.25) is 9.78 Å². The van der Waals surface area contributed by atoms with Crippen LogP contribution in [0.1, 0.15) is 10.5 Å². The van der Waals surface area contributed by atoms with Crippen LogP contribution < -0.4 is 15.5 Å². The van der Waals surface area contributed by atoms with Gasteiger partial charge in [-0.1, -0.05) is 0 Å². The van der Waals surface area contributed by atoms with Gasteiger partial charge in [0.25, 0.3) is 5.91 Å². The van der Waals surface area contributed by atoms with Crippen molar-refractivity contribution in [2.75, 3.05) is 29.6 Å². The van der Waals surface area contributed by atoms with Crippen molar-refractivity contribution in [1.29, 1.82) is 0 Å². The summed E-state index contributed by atoms with van der Waals surface area (Å²) in [5.41, 5.74) is 3.54. The summed E-state index contributed by atoms with van der Waals surface area (Å²) in [4.78, 5) is 18.4. The molecule has 1 amide bonds. The highest BCUT2D eigenvalue weighted by Crippen LogP contribution is 2.20. The maximum absolute atomic E-state index is 12.9. The Kier molecular flexibility index (Phi) is 5.12. The number of hydrogen-bond donors (Lipinski definition) is 2. The second-order valence-electron chi connectivity index (χ2n) is 5.96. The minimum absolute atomic E-state index is 0.268. The minimum Gasteiger partial charge on any atom is -0.378 e. The van der Waals surface area contributed by atoms with Crippen molar-refractivity contribution in [2.45, 2.75) is 0 Å². The van der Waals surface area contributed by atoms with Gasteiger partial charge < -0.3 is 15.5 Å². The van der Waals surface area contributed by atoms with Gasteiger partial charge in [0.05, 0.1) is 0 Å². The summed E-state index contributed by atoms with van der Waals surface area (Å²) in [6.07, 6.45) is 1.57. The van der Waals surface area contributed by atoms with E-state index in [1.807, 2.05) is 43.3 Å². The number of anilines is 4. The summed E-state index contributed by atoms with van der Waals surface area (Å²) in [6.45, 7) is 0. The minimum atomic E-state index is -0.358. The van der Waals surface area contributed by atoms with E-state index in [9.17, 15) is 9.18 Å². The second kappa shape index (κ2) is 7.65. The number of rotatable bonds is 5. The maximum atomic E-state index is 12.9. The summed E-state index contributed by atoms with van der Waals surface area (Å²) >= 11 is 0. The number of amides is 1. The average Bonchev–Trinajstić information content (AvgIpc) is 2.64. The molecule has 26 heavy (non-hydrogen) atoms. The van der Waals surface area contributed by atoms with E-state index in [2.05, 4.69) is 15.6 Å². The third-order valence-electron chi connectivity index (χ3n) is 3.77. The van der Waals surface area contributed by atoms with E-state index in [-0.39, 0.29) is 17.4 Å². The fraction of sp³-hybridized carbons (Fsp3) is 0.100. The molecule has 0 aliphatic heterocycles. The molecular weight excluding hydrogens is 331 g/mol. The van der Waals surface area contributed by atoms with Gasteiger partial charge in [-0.05, 0) is 60.7 Å². The maximum Gasteiger partial charge on any atom is 0.274 e. The van der Waals surface area contributed by atoms with Gasteiger partial charge in [0.15, 0.2) is 0 Å². The molecule has 0 spiro atoms. The Hall–Kier alpha value is -3.41. The van der Waals surface area contributed by atoms with Gasteiger partial charge in [-0.25, -0.2) is 4.39 Å². The normalized spacial score (nSPS) is 10.3. The van der Waals surface area contributed by atoms with Gasteiger partial charge >= 0.3 is 0 Å². The Morgan fingerprint density at radius 2 is 1.58 bits per heavy atom. The number of pyridine rings is 1. The quantitative estimate of drug-likeness (QED) is 0.721. The third kappa shape index (κ3) is 4.36. The zero-order valence-electron chi connectivity index (χ0n) is 14.5. The number of carbonyl (C=O) groups is 1. The van der Waals surface area contributed by atoms with E-state index < -0.39 is 0 Å². The van der Waals surface area contributed by atoms with Crippen LogP contribution in [0.3, 0.4) is 0 Å². The highest BCUT2D eigenvalue weighted by Gasteiger charge is 2.09. The molecule has 0 bridgehead atoms. The lowest BCUT2D eigenvalue weighted by Crippen LogP contribution is -2.13. The fourth-order valence-electron chi connectivity index (χ4n) is 2.37.